The van der Waals surface area contributed by atoms with E-state index in [9.17, 15) is 4.79 Å². The highest BCUT2D eigenvalue weighted by atomic mass is 28.4. The number of carbonyl (C=O) groups is 1. The minimum Gasteiger partial charge on any atom is -0.507 e. The van der Waals surface area contributed by atoms with Gasteiger partial charge in [-0.3, -0.25) is 4.79 Å². The van der Waals surface area contributed by atoms with Crippen molar-refractivity contribution in [2.24, 2.45) is 5.41 Å². The second kappa shape index (κ2) is 5.00. The van der Waals surface area contributed by atoms with Crippen molar-refractivity contribution in [2.75, 3.05) is 19.6 Å². The lowest BCUT2D eigenvalue weighted by molar-refractivity contribution is -0.133. The van der Waals surface area contributed by atoms with Gasteiger partial charge < -0.3 is 9.33 Å². The molecule has 7 nitrogen and oxygen atoms in total. The zero-order valence-electron chi connectivity index (χ0n) is 14.1. The quantitative estimate of drug-likeness (QED) is 0.413. The summed E-state index contributed by atoms with van der Waals surface area (Å²) in [7, 11) is -2.92. The highest BCUT2D eigenvalue weighted by Crippen LogP contribution is 2.56. The molecule has 0 atom stereocenters. The van der Waals surface area contributed by atoms with Crippen molar-refractivity contribution in [1.82, 2.24) is 4.90 Å². The smallest absolute Gasteiger partial charge is 0.390 e. The standard InChI is InChI=1S/C15H25NO6Si/c1-12(17)18-23(13(2)19-20-13,14(3)21-22-14)11-7-15-4-8-16(9-5-15)10-6-15/h4-11H2,1-3H3. The summed E-state index contributed by atoms with van der Waals surface area (Å²) in [4.78, 5) is 35.4. The Hall–Kier alpha value is -0.513. The van der Waals surface area contributed by atoms with E-state index in [1.54, 1.807) is 0 Å². The van der Waals surface area contributed by atoms with E-state index >= 15 is 0 Å². The van der Waals surface area contributed by atoms with Crippen molar-refractivity contribution < 1.29 is 28.8 Å². The second-order valence-corrected chi connectivity index (χ2v) is 11.9. The van der Waals surface area contributed by atoms with Crippen molar-refractivity contribution >= 4 is 14.3 Å². The number of fused-ring (bicyclic) bond motifs is 3. The van der Waals surface area contributed by atoms with E-state index in [-0.39, 0.29) is 5.97 Å². The summed E-state index contributed by atoms with van der Waals surface area (Å²) < 4.78 is 5.87. The van der Waals surface area contributed by atoms with E-state index in [1.165, 1.54) is 45.8 Å². The first-order valence-electron chi connectivity index (χ1n) is 8.48. The van der Waals surface area contributed by atoms with Crippen molar-refractivity contribution in [1.29, 1.82) is 0 Å². The van der Waals surface area contributed by atoms with Crippen molar-refractivity contribution in [2.45, 2.75) is 63.3 Å². The molecule has 0 saturated carbocycles. The number of nitrogens with zero attached hydrogens (tertiary/aromatic N) is 1. The van der Waals surface area contributed by atoms with Gasteiger partial charge in [0.1, 0.15) is 0 Å². The van der Waals surface area contributed by atoms with Crippen LogP contribution >= 0.6 is 0 Å². The summed E-state index contributed by atoms with van der Waals surface area (Å²) in [5.41, 5.74) is -1.41. The number of rotatable bonds is 6. The zero-order chi connectivity index (χ0) is 16.3. The fourth-order valence-electron chi connectivity index (χ4n) is 4.46. The van der Waals surface area contributed by atoms with Crippen LogP contribution in [0.15, 0.2) is 0 Å². The van der Waals surface area contributed by atoms with Crippen molar-refractivity contribution in [3.63, 3.8) is 0 Å². The van der Waals surface area contributed by atoms with Crippen LogP contribution in [0.25, 0.3) is 0 Å². The summed E-state index contributed by atoms with van der Waals surface area (Å²) in [6.45, 7) is 8.62. The van der Waals surface area contributed by atoms with Gasteiger partial charge in [0.25, 0.3) is 16.8 Å². The molecule has 5 saturated heterocycles. The molecule has 23 heavy (non-hydrogen) atoms. The Balaban J connectivity index is 1.57. The maximum absolute atomic E-state index is 11.8. The van der Waals surface area contributed by atoms with E-state index in [0.29, 0.717) is 5.41 Å². The van der Waals surface area contributed by atoms with E-state index in [2.05, 4.69) is 4.90 Å². The van der Waals surface area contributed by atoms with Crippen LogP contribution in [0.1, 0.15) is 46.5 Å². The SMILES string of the molecule is CC(=O)O[Si](CCC12CCN(CC1)CC2)(C1(C)OO1)C1(C)OO1. The molecule has 0 amide bonds. The number of hydrogen-bond donors (Lipinski definition) is 0. The highest BCUT2D eigenvalue weighted by Gasteiger charge is 2.83. The monoisotopic (exact) mass is 343 g/mol. The van der Waals surface area contributed by atoms with E-state index in [0.717, 1.165) is 12.5 Å². The molecule has 0 unspecified atom stereocenters. The third kappa shape index (κ3) is 2.47. The molecule has 5 rings (SSSR count). The molecule has 5 heterocycles. The van der Waals surface area contributed by atoms with Crippen molar-refractivity contribution in [3.05, 3.63) is 0 Å². The predicted molar refractivity (Wildman–Crippen MR) is 80.8 cm³/mol. The molecule has 0 aromatic heterocycles. The number of carbonyl (C=O) groups excluding carboxylic acids is 1. The average Bonchev–Trinajstić information content (AvgIpc) is 3.45. The highest BCUT2D eigenvalue weighted by molar-refractivity contribution is 6.80. The van der Waals surface area contributed by atoms with Gasteiger partial charge in [0.2, 0.25) is 0 Å². The molecule has 0 spiro atoms. The lowest BCUT2D eigenvalue weighted by Crippen LogP contribution is -2.63. The largest absolute Gasteiger partial charge is 0.507 e. The van der Waals surface area contributed by atoms with Crippen LogP contribution in [0.4, 0.5) is 0 Å². The molecule has 0 aromatic carbocycles. The van der Waals surface area contributed by atoms with Gasteiger partial charge in [0.05, 0.1) is 0 Å². The van der Waals surface area contributed by atoms with Crippen LogP contribution < -0.4 is 0 Å². The van der Waals surface area contributed by atoms with Gasteiger partial charge in [0.15, 0.2) is 0 Å². The summed E-state index contributed by atoms with van der Waals surface area (Å²) in [6, 6.07) is 0.736. The first-order chi connectivity index (χ1) is 10.8. The van der Waals surface area contributed by atoms with Gasteiger partial charge in [-0.25, -0.2) is 0 Å². The number of hydrogen-bond acceptors (Lipinski definition) is 7. The third-order valence-corrected chi connectivity index (χ3v) is 11.2. The van der Waals surface area contributed by atoms with Gasteiger partial charge >= 0.3 is 8.32 Å². The van der Waals surface area contributed by atoms with Crippen molar-refractivity contribution in [3.8, 4) is 0 Å². The van der Waals surface area contributed by atoms with Crippen LogP contribution in [0.5, 0.6) is 0 Å². The molecule has 5 aliphatic heterocycles. The van der Waals surface area contributed by atoms with Crippen LogP contribution in [0, 0.1) is 5.41 Å². The van der Waals surface area contributed by atoms with E-state index in [4.69, 9.17) is 24.0 Å². The molecule has 8 heteroatoms. The Morgan fingerprint density at radius 2 is 1.52 bits per heavy atom. The Morgan fingerprint density at radius 1 is 1.04 bits per heavy atom. The topological polar surface area (TPSA) is 79.7 Å². The van der Waals surface area contributed by atoms with Gasteiger partial charge in [-0.1, -0.05) is 0 Å². The Labute approximate surface area is 137 Å². The molecular weight excluding hydrogens is 318 g/mol. The van der Waals surface area contributed by atoms with Crippen LogP contribution in [-0.4, -0.2) is 49.6 Å². The molecule has 5 fully saturated rings. The lowest BCUT2D eigenvalue weighted by atomic mass is 9.70. The zero-order valence-corrected chi connectivity index (χ0v) is 15.1. The van der Waals surface area contributed by atoms with Crippen LogP contribution in [0.2, 0.25) is 6.04 Å². The molecule has 5 aliphatic rings. The summed E-state index contributed by atoms with van der Waals surface area (Å²) >= 11 is 0. The van der Waals surface area contributed by atoms with E-state index < -0.39 is 19.1 Å². The van der Waals surface area contributed by atoms with Gasteiger partial charge in [-0.15, -0.1) is 0 Å². The lowest BCUT2D eigenvalue weighted by Gasteiger charge is -2.49. The number of piperidine rings is 3. The molecule has 0 radical (unpaired) electrons. The summed E-state index contributed by atoms with van der Waals surface area (Å²) in [6.07, 6.45) is 4.65. The molecule has 0 aromatic rings. The minimum atomic E-state index is -2.92. The summed E-state index contributed by atoms with van der Waals surface area (Å²) in [5.74, 6) is -0.326. The first-order valence-corrected chi connectivity index (χ1v) is 10.6. The van der Waals surface area contributed by atoms with E-state index in [1.807, 2.05) is 13.8 Å². The third-order valence-electron chi connectivity index (χ3n) is 6.33. The van der Waals surface area contributed by atoms with Crippen LogP contribution in [0.3, 0.4) is 0 Å². The average molecular weight is 343 g/mol. The second-order valence-electron chi connectivity index (χ2n) is 7.74. The molecule has 0 N–H and O–H groups in total. The summed E-state index contributed by atoms with van der Waals surface area (Å²) in [5, 5.41) is 0. The Bertz CT molecular complexity index is 478. The fourth-order valence-corrected chi connectivity index (χ4v) is 8.66. The van der Waals surface area contributed by atoms with Crippen LogP contribution in [-0.2, 0) is 28.8 Å². The molecular formula is C15H25NO6Si. The fraction of sp³-hybridized carbons (Fsp3) is 0.933. The Kier molecular flexibility index (Phi) is 3.47. The van der Waals surface area contributed by atoms with Gasteiger partial charge in [-0.05, 0) is 70.6 Å². The maximum Gasteiger partial charge on any atom is 0.390 e. The maximum atomic E-state index is 11.8. The van der Waals surface area contributed by atoms with Gasteiger partial charge in [-0.2, -0.15) is 19.6 Å². The first kappa shape index (κ1) is 16.0. The van der Waals surface area contributed by atoms with Gasteiger partial charge in [0, 0.05) is 6.92 Å². The predicted octanol–water partition coefficient (Wildman–Crippen LogP) is 1.81. The molecule has 2 bridgehead atoms. The molecule has 130 valence electrons. The normalized spacial score (nSPS) is 36.6. The molecule has 0 aliphatic carbocycles. The minimum absolute atomic E-state index is 0.326. The Morgan fingerprint density at radius 3 is 1.91 bits per heavy atom.